The van der Waals surface area contributed by atoms with E-state index in [1.165, 1.54) is 11.8 Å². The van der Waals surface area contributed by atoms with Crippen LogP contribution in [-0.2, 0) is 30.4 Å². The summed E-state index contributed by atoms with van der Waals surface area (Å²) in [6.07, 6.45) is 3.73. The number of fused-ring (bicyclic) bond motifs is 1. The van der Waals surface area contributed by atoms with Crippen LogP contribution in [0.1, 0.15) is 38.7 Å². The van der Waals surface area contributed by atoms with Crippen LogP contribution in [0.2, 0.25) is 0 Å². The molecule has 0 spiro atoms. The van der Waals surface area contributed by atoms with Gasteiger partial charge < -0.3 is 37.5 Å². The number of thioether (sulfide) groups is 1. The van der Waals surface area contributed by atoms with Crippen LogP contribution in [0.4, 0.5) is 0 Å². The van der Waals surface area contributed by atoms with E-state index in [0.717, 1.165) is 16.5 Å². The number of aliphatic carboxylic acids is 1. The molecule has 2 rings (SSSR count). The van der Waals surface area contributed by atoms with Crippen LogP contribution in [0.3, 0.4) is 0 Å². The van der Waals surface area contributed by atoms with Gasteiger partial charge in [-0.2, -0.15) is 11.8 Å². The molecule has 0 aliphatic rings. The molecule has 0 bridgehead atoms. The molecular formula is C26H38N6O6S. The Kier molecular flexibility index (Phi) is 12.3. The van der Waals surface area contributed by atoms with Crippen molar-refractivity contribution in [2.24, 2.45) is 17.4 Å². The first-order chi connectivity index (χ1) is 18.4. The molecule has 1 aromatic carbocycles. The highest BCUT2D eigenvalue weighted by Crippen LogP contribution is 2.19. The van der Waals surface area contributed by atoms with Crippen LogP contribution >= 0.6 is 11.8 Å². The lowest BCUT2D eigenvalue weighted by molar-refractivity contribution is -0.143. The predicted molar refractivity (Wildman–Crippen MR) is 150 cm³/mol. The fourth-order valence-corrected chi connectivity index (χ4v) is 4.48. The molecule has 0 aliphatic heterocycles. The molecule has 0 saturated carbocycles. The van der Waals surface area contributed by atoms with E-state index in [1.54, 1.807) is 20.0 Å². The highest BCUT2D eigenvalue weighted by Gasteiger charge is 2.31. The molecule has 4 atom stereocenters. The number of carboxylic acids is 1. The molecule has 0 fully saturated rings. The highest BCUT2D eigenvalue weighted by molar-refractivity contribution is 7.98. The third-order valence-electron chi connectivity index (χ3n) is 6.24. The number of para-hydroxylation sites is 1. The molecule has 1 aromatic heterocycles. The molecule has 13 heteroatoms. The number of carboxylic acid groups (broad SMARTS) is 1. The summed E-state index contributed by atoms with van der Waals surface area (Å²) >= 11 is 1.45. The molecule has 214 valence electrons. The predicted octanol–water partition coefficient (Wildman–Crippen LogP) is 0.251. The van der Waals surface area contributed by atoms with E-state index in [2.05, 4.69) is 20.9 Å². The molecule has 9 N–H and O–H groups in total. The molecule has 39 heavy (non-hydrogen) atoms. The average molecular weight is 563 g/mol. The average Bonchev–Trinajstić information content (AvgIpc) is 3.29. The van der Waals surface area contributed by atoms with Gasteiger partial charge in [-0.25, -0.2) is 4.79 Å². The SMILES string of the molecule is CSCCC(NC(=O)C(CCC(N)=O)NC(=O)C(N)Cc1c[nH]c2ccccc12)C(=O)NC(C(=O)O)C(C)C. The Balaban J connectivity index is 2.14. The Bertz CT molecular complexity index is 1170. The van der Waals surface area contributed by atoms with Gasteiger partial charge >= 0.3 is 5.97 Å². The summed E-state index contributed by atoms with van der Waals surface area (Å²) in [7, 11) is 0. The Labute approximate surface area is 231 Å². The zero-order chi connectivity index (χ0) is 29.1. The smallest absolute Gasteiger partial charge is 0.326 e. The van der Waals surface area contributed by atoms with E-state index in [4.69, 9.17) is 11.5 Å². The molecule has 4 unspecified atom stereocenters. The van der Waals surface area contributed by atoms with Crippen molar-refractivity contribution in [1.82, 2.24) is 20.9 Å². The number of aromatic nitrogens is 1. The normalized spacial score (nSPS) is 14.3. The van der Waals surface area contributed by atoms with Crippen molar-refractivity contribution in [3.63, 3.8) is 0 Å². The van der Waals surface area contributed by atoms with Crippen LogP contribution in [0, 0.1) is 5.92 Å². The van der Waals surface area contributed by atoms with Gasteiger partial charge in [0.1, 0.15) is 18.1 Å². The standard InChI is InChI=1S/C26H38N6O6S/c1-14(2)22(26(37)38)32-25(36)20(10-11-39-3)31-24(35)19(8-9-21(28)33)30-23(34)17(27)12-15-13-29-18-7-5-4-6-16(15)18/h4-7,13-14,17,19-20,22,29H,8-12,27H2,1-3H3,(H2,28,33)(H,30,34)(H,31,35)(H,32,36)(H,37,38). The minimum absolute atomic E-state index is 0.104. The number of primary amides is 1. The van der Waals surface area contributed by atoms with Crippen LogP contribution in [0.25, 0.3) is 10.9 Å². The van der Waals surface area contributed by atoms with Crippen molar-refractivity contribution in [2.45, 2.75) is 63.7 Å². The van der Waals surface area contributed by atoms with E-state index < -0.39 is 53.8 Å². The number of carbonyl (C=O) groups excluding carboxylic acids is 4. The molecule has 1 heterocycles. The number of rotatable bonds is 16. The van der Waals surface area contributed by atoms with E-state index in [1.807, 2.05) is 30.5 Å². The van der Waals surface area contributed by atoms with E-state index in [9.17, 15) is 29.1 Å². The van der Waals surface area contributed by atoms with Crippen LogP contribution < -0.4 is 27.4 Å². The molecule has 4 amide bonds. The fourth-order valence-electron chi connectivity index (χ4n) is 4.01. The summed E-state index contributed by atoms with van der Waals surface area (Å²) in [6.45, 7) is 3.31. The van der Waals surface area contributed by atoms with Crippen molar-refractivity contribution in [1.29, 1.82) is 0 Å². The number of hydrogen-bond donors (Lipinski definition) is 7. The number of hydrogen-bond acceptors (Lipinski definition) is 7. The highest BCUT2D eigenvalue weighted by atomic mass is 32.2. The maximum Gasteiger partial charge on any atom is 0.326 e. The third-order valence-corrected chi connectivity index (χ3v) is 6.88. The molecular weight excluding hydrogens is 524 g/mol. The molecule has 12 nitrogen and oxygen atoms in total. The van der Waals surface area contributed by atoms with Gasteiger partial charge in [0.15, 0.2) is 0 Å². The first-order valence-electron chi connectivity index (χ1n) is 12.7. The largest absolute Gasteiger partial charge is 0.480 e. The van der Waals surface area contributed by atoms with E-state index in [-0.39, 0.29) is 31.6 Å². The fraction of sp³-hybridized carbons (Fsp3) is 0.500. The van der Waals surface area contributed by atoms with Gasteiger partial charge in [-0.15, -0.1) is 0 Å². The summed E-state index contributed by atoms with van der Waals surface area (Å²) in [6, 6.07) is 3.18. The number of benzene rings is 1. The molecule has 0 saturated heterocycles. The van der Waals surface area contributed by atoms with Gasteiger partial charge in [-0.1, -0.05) is 32.0 Å². The second kappa shape index (κ2) is 15.1. The zero-order valence-corrected chi connectivity index (χ0v) is 23.2. The van der Waals surface area contributed by atoms with Gasteiger partial charge in [-0.3, -0.25) is 19.2 Å². The molecule has 0 radical (unpaired) electrons. The van der Waals surface area contributed by atoms with Crippen LogP contribution in [-0.4, -0.2) is 75.9 Å². The monoisotopic (exact) mass is 562 g/mol. The van der Waals surface area contributed by atoms with Gasteiger partial charge in [-0.05, 0) is 48.8 Å². The van der Waals surface area contributed by atoms with Crippen LogP contribution in [0.5, 0.6) is 0 Å². The lowest BCUT2D eigenvalue weighted by Crippen LogP contribution is -2.58. The minimum Gasteiger partial charge on any atom is -0.480 e. The third kappa shape index (κ3) is 9.59. The summed E-state index contributed by atoms with van der Waals surface area (Å²) in [5, 5.41) is 18.0. The van der Waals surface area contributed by atoms with Gasteiger partial charge in [0.25, 0.3) is 0 Å². The second-order valence-corrected chi connectivity index (χ2v) is 10.6. The van der Waals surface area contributed by atoms with Crippen molar-refractivity contribution < 1.29 is 29.1 Å². The lowest BCUT2D eigenvalue weighted by Gasteiger charge is -2.26. The van der Waals surface area contributed by atoms with Crippen LogP contribution in [0.15, 0.2) is 30.5 Å². The maximum absolute atomic E-state index is 13.2. The summed E-state index contributed by atoms with van der Waals surface area (Å²) in [5.74, 6) is -3.71. The number of nitrogens with two attached hydrogens (primary N) is 2. The Morgan fingerprint density at radius 1 is 0.974 bits per heavy atom. The Morgan fingerprint density at radius 3 is 2.21 bits per heavy atom. The lowest BCUT2D eigenvalue weighted by atomic mass is 10.0. The second-order valence-electron chi connectivity index (χ2n) is 9.65. The number of aromatic amines is 1. The summed E-state index contributed by atoms with van der Waals surface area (Å²) in [4.78, 5) is 65.2. The minimum atomic E-state index is -1.19. The van der Waals surface area contributed by atoms with Gasteiger partial charge in [0, 0.05) is 23.5 Å². The van der Waals surface area contributed by atoms with Gasteiger partial charge in [0.2, 0.25) is 23.6 Å². The van der Waals surface area contributed by atoms with E-state index >= 15 is 0 Å². The number of amides is 4. The maximum atomic E-state index is 13.2. The van der Waals surface area contributed by atoms with Crippen molar-refractivity contribution in [3.05, 3.63) is 36.0 Å². The summed E-state index contributed by atoms with van der Waals surface area (Å²) in [5.41, 5.74) is 13.2. The van der Waals surface area contributed by atoms with Gasteiger partial charge in [0.05, 0.1) is 6.04 Å². The topological polar surface area (TPSA) is 209 Å². The number of H-pyrrole nitrogens is 1. The van der Waals surface area contributed by atoms with Crippen molar-refractivity contribution in [3.8, 4) is 0 Å². The summed E-state index contributed by atoms with van der Waals surface area (Å²) < 4.78 is 0. The Morgan fingerprint density at radius 2 is 1.59 bits per heavy atom. The molecule has 2 aromatic rings. The number of carbonyl (C=O) groups is 5. The van der Waals surface area contributed by atoms with E-state index in [0.29, 0.717) is 5.75 Å². The molecule has 0 aliphatic carbocycles. The van der Waals surface area contributed by atoms with Crippen molar-refractivity contribution >= 4 is 52.3 Å². The first-order valence-corrected chi connectivity index (χ1v) is 14.1. The number of nitrogens with one attached hydrogen (secondary N) is 4. The zero-order valence-electron chi connectivity index (χ0n) is 22.4. The quantitative estimate of drug-likeness (QED) is 0.150. The van der Waals surface area contributed by atoms with Crippen molar-refractivity contribution in [2.75, 3.05) is 12.0 Å². The Hall–Kier alpha value is -3.58. The first kappa shape index (κ1) is 31.6.